The van der Waals surface area contributed by atoms with E-state index in [1.165, 1.54) is 0 Å². The molecule has 0 aliphatic heterocycles. The van der Waals surface area contributed by atoms with Crippen LogP contribution in [0.15, 0.2) is 12.1 Å². The summed E-state index contributed by atoms with van der Waals surface area (Å²) >= 11 is 15.2. The van der Waals surface area contributed by atoms with E-state index in [2.05, 4.69) is 15.9 Å². The summed E-state index contributed by atoms with van der Waals surface area (Å²) in [6.07, 6.45) is 0.751. The van der Waals surface area contributed by atoms with E-state index in [-0.39, 0.29) is 6.61 Å². The molecule has 1 aromatic rings. The Morgan fingerprint density at radius 3 is 2.73 bits per heavy atom. The van der Waals surface area contributed by atoms with Crippen LogP contribution in [0.3, 0.4) is 0 Å². The van der Waals surface area contributed by atoms with E-state index in [1.54, 1.807) is 12.1 Å². The fourth-order valence-electron chi connectivity index (χ4n) is 1.17. The van der Waals surface area contributed by atoms with Crippen molar-refractivity contribution in [2.75, 3.05) is 11.9 Å². The minimum atomic E-state index is -0.0172. The number of hydrogen-bond donors (Lipinski definition) is 0. The summed E-state index contributed by atoms with van der Waals surface area (Å²) in [5, 5.41) is 10.2. The number of hydrogen-bond acceptors (Lipinski definition) is 2. The first-order valence-corrected chi connectivity index (χ1v) is 6.10. The minimum Gasteiger partial charge on any atom is -0.477 e. The molecule has 0 aliphatic carbocycles. The monoisotopic (exact) mass is 307 g/mol. The van der Waals surface area contributed by atoms with E-state index in [0.29, 0.717) is 15.8 Å². The van der Waals surface area contributed by atoms with Crippen molar-refractivity contribution in [3.63, 3.8) is 0 Å². The molecule has 0 bridgehead atoms. The second-order valence-corrected chi connectivity index (χ2v) is 4.40. The van der Waals surface area contributed by atoms with Crippen LogP contribution in [0, 0.1) is 11.3 Å². The summed E-state index contributed by atoms with van der Waals surface area (Å²) in [4.78, 5) is 0. The summed E-state index contributed by atoms with van der Waals surface area (Å²) in [5.74, 6) is 0.544. The predicted octanol–water partition coefficient (Wildman–Crippen LogP) is 3.83. The topological polar surface area (TPSA) is 33.0 Å². The molecule has 0 aromatic heterocycles. The fourth-order valence-corrected chi connectivity index (χ4v) is 2.18. The second-order valence-electron chi connectivity index (χ2n) is 2.76. The molecule has 0 heterocycles. The lowest BCUT2D eigenvalue weighted by Gasteiger charge is -2.10. The Morgan fingerprint density at radius 2 is 2.13 bits per heavy atom. The van der Waals surface area contributed by atoms with Crippen LogP contribution in [0.5, 0.6) is 5.75 Å². The van der Waals surface area contributed by atoms with E-state index >= 15 is 0 Å². The molecule has 1 rings (SSSR count). The molecule has 0 fully saturated rings. The van der Waals surface area contributed by atoms with Crippen molar-refractivity contribution in [1.29, 1.82) is 5.26 Å². The third kappa shape index (κ3) is 3.57. The lowest BCUT2D eigenvalue weighted by Crippen LogP contribution is -1.99. The third-order valence-electron chi connectivity index (χ3n) is 1.73. The zero-order valence-corrected chi connectivity index (χ0v) is 10.9. The van der Waals surface area contributed by atoms with E-state index in [9.17, 15) is 0 Å². The number of halogens is 3. The van der Waals surface area contributed by atoms with Crippen LogP contribution in [0.2, 0.25) is 10.0 Å². The lowest BCUT2D eigenvalue weighted by molar-refractivity contribution is 0.364. The van der Waals surface area contributed by atoms with Gasteiger partial charge in [-0.05, 0) is 24.1 Å². The molecule has 0 unspecified atom stereocenters. The highest BCUT2D eigenvalue weighted by Crippen LogP contribution is 2.32. The van der Waals surface area contributed by atoms with Crippen LogP contribution in [-0.4, -0.2) is 11.9 Å². The highest BCUT2D eigenvalue weighted by Gasteiger charge is 2.10. The number of nitriles is 1. The van der Waals surface area contributed by atoms with E-state index in [0.717, 1.165) is 17.3 Å². The molecular formula is C10H8BrCl2NO. The number of aryl methyl sites for hydroxylation is 1. The SMILES string of the molecule is N#CCOc1c(Cl)cc(Cl)cc1CCBr. The summed E-state index contributed by atoms with van der Waals surface area (Å²) < 4.78 is 5.25. The lowest BCUT2D eigenvalue weighted by atomic mass is 10.1. The molecule has 0 aliphatic rings. The minimum absolute atomic E-state index is 0.0172. The number of nitrogens with zero attached hydrogens (tertiary/aromatic N) is 1. The Bertz CT molecular complexity index is 390. The van der Waals surface area contributed by atoms with E-state index in [4.69, 9.17) is 33.2 Å². The maximum atomic E-state index is 8.44. The molecule has 0 amide bonds. The highest BCUT2D eigenvalue weighted by molar-refractivity contribution is 9.09. The average molecular weight is 309 g/mol. The van der Waals surface area contributed by atoms with Gasteiger partial charge in [0.2, 0.25) is 0 Å². The maximum absolute atomic E-state index is 8.44. The fraction of sp³-hybridized carbons (Fsp3) is 0.300. The number of ether oxygens (including phenoxy) is 1. The molecule has 0 spiro atoms. The molecule has 80 valence electrons. The van der Waals surface area contributed by atoms with Gasteiger partial charge in [-0.1, -0.05) is 39.1 Å². The molecule has 0 saturated heterocycles. The van der Waals surface area contributed by atoms with Crippen molar-refractivity contribution in [1.82, 2.24) is 0 Å². The van der Waals surface area contributed by atoms with Gasteiger partial charge in [0, 0.05) is 10.4 Å². The molecule has 1 aromatic carbocycles. The van der Waals surface area contributed by atoms with Crippen molar-refractivity contribution < 1.29 is 4.74 Å². The van der Waals surface area contributed by atoms with Gasteiger partial charge in [0.1, 0.15) is 11.8 Å². The van der Waals surface area contributed by atoms with Crippen molar-refractivity contribution in [3.8, 4) is 11.8 Å². The predicted molar refractivity (Wildman–Crippen MR) is 65.1 cm³/mol. The van der Waals surface area contributed by atoms with Crippen molar-refractivity contribution in [2.24, 2.45) is 0 Å². The molecular weight excluding hydrogens is 301 g/mol. The number of alkyl halides is 1. The van der Waals surface area contributed by atoms with Crippen LogP contribution in [-0.2, 0) is 6.42 Å². The van der Waals surface area contributed by atoms with Gasteiger partial charge in [-0.15, -0.1) is 0 Å². The first-order valence-electron chi connectivity index (χ1n) is 4.22. The van der Waals surface area contributed by atoms with Gasteiger partial charge in [0.15, 0.2) is 6.61 Å². The third-order valence-corrected chi connectivity index (χ3v) is 2.63. The summed E-state index contributed by atoms with van der Waals surface area (Å²) in [5.41, 5.74) is 0.902. The largest absolute Gasteiger partial charge is 0.477 e. The normalized spacial score (nSPS) is 9.73. The van der Waals surface area contributed by atoms with Crippen molar-refractivity contribution in [2.45, 2.75) is 6.42 Å². The van der Waals surface area contributed by atoms with Gasteiger partial charge in [-0.2, -0.15) is 5.26 Å². The Kier molecular flexibility index (Phi) is 5.24. The van der Waals surface area contributed by atoms with Gasteiger partial charge in [0.05, 0.1) is 5.02 Å². The van der Waals surface area contributed by atoms with Gasteiger partial charge >= 0.3 is 0 Å². The highest BCUT2D eigenvalue weighted by atomic mass is 79.9. The molecule has 0 radical (unpaired) electrons. The zero-order valence-electron chi connectivity index (χ0n) is 7.77. The first-order chi connectivity index (χ1) is 7.19. The summed E-state index contributed by atoms with van der Waals surface area (Å²) in [6.45, 7) is -0.0172. The van der Waals surface area contributed by atoms with Crippen molar-refractivity contribution in [3.05, 3.63) is 27.7 Å². The van der Waals surface area contributed by atoms with Crippen molar-refractivity contribution >= 4 is 39.1 Å². The first kappa shape index (κ1) is 12.6. The standard InChI is InChI=1S/C10H8BrCl2NO/c11-2-1-7-5-8(12)6-9(13)10(7)15-4-3-14/h5-6H,1-2,4H2. The Balaban J connectivity index is 3.04. The van der Waals surface area contributed by atoms with Crippen LogP contribution < -0.4 is 4.74 Å². The molecule has 2 nitrogen and oxygen atoms in total. The summed E-state index contributed by atoms with van der Waals surface area (Å²) in [7, 11) is 0. The Morgan fingerprint density at radius 1 is 1.40 bits per heavy atom. The zero-order chi connectivity index (χ0) is 11.3. The van der Waals surface area contributed by atoms with E-state index in [1.807, 2.05) is 6.07 Å². The smallest absolute Gasteiger partial charge is 0.174 e. The van der Waals surface area contributed by atoms with E-state index < -0.39 is 0 Å². The Hall–Kier alpha value is -0.430. The average Bonchev–Trinajstić information content (AvgIpc) is 2.17. The van der Waals surface area contributed by atoms with Gasteiger partial charge in [-0.3, -0.25) is 0 Å². The summed E-state index contributed by atoms with van der Waals surface area (Å²) in [6, 6.07) is 5.30. The van der Waals surface area contributed by atoms with Gasteiger partial charge in [-0.25, -0.2) is 0 Å². The molecule has 0 N–H and O–H groups in total. The van der Waals surface area contributed by atoms with Gasteiger partial charge < -0.3 is 4.74 Å². The molecule has 0 atom stereocenters. The van der Waals surface area contributed by atoms with Gasteiger partial charge in [0.25, 0.3) is 0 Å². The molecule has 15 heavy (non-hydrogen) atoms. The number of benzene rings is 1. The number of rotatable bonds is 4. The van der Waals surface area contributed by atoms with Crippen LogP contribution in [0.4, 0.5) is 0 Å². The van der Waals surface area contributed by atoms with Crippen LogP contribution >= 0.6 is 39.1 Å². The molecule has 0 saturated carbocycles. The van der Waals surface area contributed by atoms with Crippen LogP contribution in [0.25, 0.3) is 0 Å². The maximum Gasteiger partial charge on any atom is 0.174 e. The van der Waals surface area contributed by atoms with Crippen LogP contribution in [0.1, 0.15) is 5.56 Å². The molecule has 5 heteroatoms. The quantitative estimate of drug-likeness (QED) is 0.792. The second kappa shape index (κ2) is 6.22. The Labute approximate surface area is 107 Å².